The van der Waals surface area contributed by atoms with Gasteiger partial charge in [0, 0.05) is 5.69 Å². The molecule has 1 rings (SSSR count). The smallest absolute Gasteiger partial charge is 0.316 e. The molecule has 0 bridgehead atoms. The fourth-order valence-electron chi connectivity index (χ4n) is 1.36. The summed E-state index contributed by atoms with van der Waals surface area (Å²) in [6.45, 7) is 8.33. The number of hydrogen-bond donors (Lipinski definition) is 2. The molecule has 0 aliphatic carbocycles. The van der Waals surface area contributed by atoms with Crippen LogP contribution in [-0.2, 0) is 5.41 Å². The molecule has 3 nitrogen and oxygen atoms in total. The number of anilines is 1. The Morgan fingerprint density at radius 2 is 1.93 bits per heavy atom. The SMILES string of the molecule is Cc1ccc(C(C)(C)C)cc1NC(N)=O. The van der Waals surface area contributed by atoms with Gasteiger partial charge in [-0.3, -0.25) is 0 Å². The number of carbonyl (C=O) groups is 1. The van der Waals surface area contributed by atoms with Crippen molar-refractivity contribution in [3.63, 3.8) is 0 Å². The van der Waals surface area contributed by atoms with Crippen LogP contribution in [0.4, 0.5) is 10.5 Å². The number of nitrogens with two attached hydrogens (primary N) is 1. The Morgan fingerprint density at radius 1 is 1.33 bits per heavy atom. The molecule has 3 N–H and O–H groups in total. The second kappa shape index (κ2) is 3.93. The maximum Gasteiger partial charge on any atom is 0.316 e. The predicted molar refractivity (Wildman–Crippen MR) is 63.1 cm³/mol. The molecule has 0 saturated heterocycles. The van der Waals surface area contributed by atoms with Crippen molar-refractivity contribution in [3.05, 3.63) is 29.3 Å². The van der Waals surface area contributed by atoms with E-state index in [1.54, 1.807) is 0 Å². The number of carbonyl (C=O) groups excluding carboxylic acids is 1. The van der Waals surface area contributed by atoms with Gasteiger partial charge in [0.25, 0.3) is 0 Å². The molecule has 0 aliphatic rings. The van der Waals surface area contributed by atoms with E-state index in [1.165, 1.54) is 5.56 Å². The van der Waals surface area contributed by atoms with Gasteiger partial charge in [-0.1, -0.05) is 32.9 Å². The molecule has 15 heavy (non-hydrogen) atoms. The Labute approximate surface area is 90.7 Å². The average molecular weight is 206 g/mol. The minimum absolute atomic E-state index is 0.0712. The van der Waals surface area contributed by atoms with Crippen LogP contribution < -0.4 is 11.1 Å². The first kappa shape index (κ1) is 11.6. The van der Waals surface area contributed by atoms with E-state index >= 15 is 0 Å². The van der Waals surface area contributed by atoms with Crippen LogP contribution in [-0.4, -0.2) is 6.03 Å². The van der Waals surface area contributed by atoms with Crippen LogP contribution in [0.15, 0.2) is 18.2 Å². The second-order valence-corrected chi connectivity index (χ2v) is 4.77. The van der Waals surface area contributed by atoms with Gasteiger partial charge in [0.1, 0.15) is 0 Å². The number of urea groups is 1. The van der Waals surface area contributed by atoms with E-state index in [2.05, 4.69) is 32.2 Å². The number of aryl methyl sites for hydroxylation is 1. The lowest BCUT2D eigenvalue weighted by atomic mass is 9.86. The average Bonchev–Trinajstić information content (AvgIpc) is 2.06. The summed E-state index contributed by atoms with van der Waals surface area (Å²) in [7, 11) is 0. The fourth-order valence-corrected chi connectivity index (χ4v) is 1.36. The van der Waals surface area contributed by atoms with Crippen molar-refractivity contribution in [1.82, 2.24) is 0 Å². The summed E-state index contributed by atoms with van der Waals surface area (Å²) in [5, 5.41) is 2.62. The van der Waals surface area contributed by atoms with Crippen LogP contribution in [0.2, 0.25) is 0 Å². The van der Waals surface area contributed by atoms with Crippen molar-refractivity contribution >= 4 is 11.7 Å². The Hall–Kier alpha value is -1.51. The largest absolute Gasteiger partial charge is 0.351 e. The zero-order valence-corrected chi connectivity index (χ0v) is 9.72. The normalized spacial score (nSPS) is 11.2. The third-order valence-electron chi connectivity index (χ3n) is 2.36. The van der Waals surface area contributed by atoms with Gasteiger partial charge >= 0.3 is 6.03 Å². The highest BCUT2D eigenvalue weighted by molar-refractivity contribution is 5.88. The number of nitrogens with one attached hydrogen (secondary N) is 1. The lowest BCUT2D eigenvalue weighted by Crippen LogP contribution is -2.20. The summed E-state index contributed by atoms with van der Waals surface area (Å²) >= 11 is 0. The first-order valence-corrected chi connectivity index (χ1v) is 4.98. The molecule has 0 aromatic heterocycles. The molecule has 1 aromatic carbocycles. The molecule has 0 unspecified atom stereocenters. The fraction of sp³-hybridized carbons (Fsp3) is 0.417. The first-order valence-electron chi connectivity index (χ1n) is 4.98. The molecule has 82 valence electrons. The van der Waals surface area contributed by atoms with E-state index in [0.717, 1.165) is 11.3 Å². The molecular weight excluding hydrogens is 188 g/mol. The van der Waals surface area contributed by atoms with E-state index < -0.39 is 6.03 Å². The highest BCUT2D eigenvalue weighted by atomic mass is 16.2. The van der Waals surface area contributed by atoms with Gasteiger partial charge in [-0.2, -0.15) is 0 Å². The monoisotopic (exact) mass is 206 g/mol. The highest BCUT2D eigenvalue weighted by Gasteiger charge is 2.14. The van der Waals surface area contributed by atoms with Crippen molar-refractivity contribution in [2.24, 2.45) is 5.73 Å². The molecule has 0 atom stereocenters. The summed E-state index contributed by atoms with van der Waals surface area (Å²) in [5.41, 5.74) is 8.15. The van der Waals surface area contributed by atoms with Gasteiger partial charge in [-0.05, 0) is 29.5 Å². The predicted octanol–water partition coefficient (Wildman–Crippen LogP) is 2.78. The number of amides is 2. The minimum Gasteiger partial charge on any atom is -0.351 e. The van der Waals surface area contributed by atoms with Gasteiger partial charge in [0.05, 0.1) is 0 Å². The lowest BCUT2D eigenvalue weighted by Gasteiger charge is -2.20. The molecule has 3 heteroatoms. The molecular formula is C12H18N2O. The van der Waals surface area contributed by atoms with Gasteiger partial charge in [-0.15, -0.1) is 0 Å². The maximum atomic E-state index is 10.8. The third kappa shape index (κ3) is 2.98. The standard InChI is InChI=1S/C12H18N2O/c1-8-5-6-9(12(2,3)4)7-10(8)14-11(13)15/h5-7H,1-4H3,(H3,13,14,15). The van der Waals surface area contributed by atoms with E-state index in [4.69, 9.17) is 5.73 Å². The first-order chi connectivity index (χ1) is 6.80. The summed E-state index contributed by atoms with van der Waals surface area (Å²) in [4.78, 5) is 10.8. The molecule has 0 radical (unpaired) electrons. The maximum absolute atomic E-state index is 10.8. The quantitative estimate of drug-likeness (QED) is 0.729. The van der Waals surface area contributed by atoms with Gasteiger partial charge in [-0.25, -0.2) is 4.79 Å². The van der Waals surface area contributed by atoms with Crippen LogP contribution in [0.3, 0.4) is 0 Å². The van der Waals surface area contributed by atoms with E-state index in [1.807, 2.05) is 19.1 Å². The van der Waals surface area contributed by atoms with Gasteiger partial charge < -0.3 is 11.1 Å². The van der Waals surface area contributed by atoms with Crippen molar-refractivity contribution < 1.29 is 4.79 Å². The Morgan fingerprint density at radius 3 is 2.40 bits per heavy atom. The van der Waals surface area contributed by atoms with Crippen molar-refractivity contribution in [2.45, 2.75) is 33.1 Å². The number of hydrogen-bond acceptors (Lipinski definition) is 1. The Bertz CT molecular complexity index is 378. The molecule has 0 spiro atoms. The summed E-state index contributed by atoms with van der Waals surface area (Å²) in [5.74, 6) is 0. The number of primary amides is 1. The van der Waals surface area contributed by atoms with Crippen LogP contribution in [0, 0.1) is 6.92 Å². The van der Waals surface area contributed by atoms with Crippen molar-refractivity contribution in [3.8, 4) is 0 Å². The van der Waals surface area contributed by atoms with Gasteiger partial charge in [0.2, 0.25) is 0 Å². The lowest BCUT2D eigenvalue weighted by molar-refractivity contribution is 0.259. The second-order valence-electron chi connectivity index (χ2n) is 4.77. The topological polar surface area (TPSA) is 55.1 Å². The van der Waals surface area contributed by atoms with Crippen molar-refractivity contribution in [2.75, 3.05) is 5.32 Å². The molecule has 0 saturated carbocycles. The summed E-state index contributed by atoms with van der Waals surface area (Å²) < 4.78 is 0. The van der Waals surface area contributed by atoms with E-state index in [0.29, 0.717) is 0 Å². The number of rotatable bonds is 1. The Balaban J connectivity index is 3.11. The summed E-state index contributed by atoms with van der Waals surface area (Å²) in [6.07, 6.45) is 0. The van der Waals surface area contributed by atoms with Gasteiger partial charge in [0.15, 0.2) is 0 Å². The molecule has 2 amide bonds. The molecule has 0 fully saturated rings. The zero-order valence-electron chi connectivity index (χ0n) is 9.72. The highest BCUT2D eigenvalue weighted by Crippen LogP contribution is 2.26. The Kier molecular flexibility index (Phi) is 3.03. The molecule has 0 heterocycles. The van der Waals surface area contributed by atoms with E-state index in [-0.39, 0.29) is 5.41 Å². The molecule has 0 aliphatic heterocycles. The van der Waals surface area contributed by atoms with Crippen LogP contribution in [0.1, 0.15) is 31.9 Å². The number of benzene rings is 1. The van der Waals surface area contributed by atoms with Crippen LogP contribution in [0.5, 0.6) is 0 Å². The molecule has 1 aromatic rings. The van der Waals surface area contributed by atoms with Crippen LogP contribution >= 0.6 is 0 Å². The summed E-state index contributed by atoms with van der Waals surface area (Å²) in [6, 6.07) is 5.51. The van der Waals surface area contributed by atoms with E-state index in [9.17, 15) is 4.79 Å². The van der Waals surface area contributed by atoms with Crippen molar-refractivity contribution in [1.29, 1.82) is 0 Å². The third-order valence-corrected chi connectivity index (χ3v) is 2.36. The van der Waals surface area contributed by atoms with Crippen LogP contribution in [0.25, 0.3) is 0 Å². The zero-order chi connectivity index (χ0) is 11.6. The minimum atomic E-state index is -0.524.